The first-order valence-corrected chi connectivity index (χ1v) is 5.71. The van der Waals surface area contributed by atoms with Gasteiger partial charge in [0.1, 0.15) is 4.99 Å². The van der Waals surface area contributed by atoms with E-state index in [0.717, 1.165) is 11.1 Å². The van der Waals surface area contributed by atoms with Crippen molar-refractivity contribution in [1.82, 2.24) is 10.2 Å². The van der Waals surface area contributed by atoms with Gasteiger partial charge in [-0.1, -0.05) is 30.4 Å². The van der Waals surface area contributed by atoms with E-state index in [1.807, 2.05) is 36.2 Å². The fraction of sp³-hybridized carbons (Fsp3) is 0.333. The number of benzene rings is 1. The zero-order valence-corrected chi connectivity index (χ0v) is 10.9. The van der Waals surface area contributed by atoms with E-state index in [1.165, 1.54) is 0 Å². The van der Waals surface area contributed by atoms with Gasteiger partial charge in [0.25, 0.3) is 0 Å². The molecule has 0 aliphatic rings. The van der Waals surface area contributed by atoms with Crippen molar-refractivity contribution in [2.45, 2.75) is 6.54 Å². The van der Waals surface area contributed by atoms with Crippen LogP contribution in [0.2, 0.25) is 0 Å². The topological polar surface area (TPSA) is 58.4 Å². The van der Waals surface area contributed by atoms with Gasteiger partial charge in [-0.3, -0.25) is 9.69 Å². The summed E-state index contributed by atoms with van der Waals surface area (Å²) in [4.78, 5) is 13.5. The Labute approximate surface area is 107 Å². The molecule has 5 heteroatoms. The molecule has 4 nitrogen and oxygen atoms in total. The largest absolute Gasteiger partial charge is 0.389 e. The highest BCUT2D eigenvalue weighted by molar-refractivity contribution is 7.80. The minimum Gasteiger partial charge on any atom is -0.389 e. The van der Waals surface area contributed by atoms with E-state index >= 15 is 0 Å². The summed E-state index contributed by atoms with van der Waals surface area (Å²) < 4.78 is 0. The monoisotopic (exact) mass is 251 g/mol. The van der Waals surface area contributed by atoms with Gasteiger partial charge in [-0.25, -0.2) is 0 Å². The summed E-state index contributed by atoms with van der Waals surface area (Å²) in [5.74, 6) is -0.00185. The van der Waals surface area contributed by atoms with Crippen LogP contribution in [0.1, 0.15) is 11.1 Å². The molecule has 0 radical (unpaired) electrons. The molecule has 0 aromatic heterocycles. The average molecular weight is 251 g/mol. The van der Waals surface area contributed by atoms with Gasteiger partial charge >= 0.3 is 0 Å². The highest BCUT2D eigenvalue weighted by Crippen LogP contribution is 2.07. The zero-order chi connectivity index (χ0) is 12.8. The van der Waals surface area contributed by atoms with Crippen LogP contribution in [-0.4, -0.2) is 36.4 Å². The van der Waals surface area contributed by atoms with E-state index in [9.17, 15) is 4.79 Å². The third kappa shape index (κ3) is 4.50. The molecule has 3 N–H and O–H groups in total. The van der Waals surface area contributed by atoms with E-state index in [0.29, 0.717) is 18.1 Å². The van der Waals surface area contributed by atoms with Crippen molar-refractivity contribution < 1.29 is 4.79 Å². The Morgan fingerprint density at radius 1 is 1.53 bits per heavy atom. The average Bonchev–Trinajstić information content (AvgIpc) is 2.28. The molecule has 92 valence electrons. The second-order valence-corrected chi connectivity index (χ2v) is 4.35. The van der Waals surface area contributed by atoms with Crippen LogP contribution in [0, 0.1) is 0 Å². The van der Waals surface area contributed by atoms with Crippen LogP contribution in [0.4, 0.5) is 0 Å². The highest BCUT2D eigenvalue weighted by Gasteiger charge is 2.06. The van der Waals surface area contributed by atoms with Crippen LogP contribution in [0.15, 0.2) is 24.3 Å². The van der Waals surface area contributed by atoms with Crippen molar-refractivity contribution in [3.05, 3.63) is 35.4 Å². The van der Waals surface area contributed by atoms with E-state index in [4.69, 9.17) is 18.0 Å². The predicted octanol–water partition coefficient (Wildman–Crippen LogP) is 0.499. The number of likely N-dealkylation sites (N-methyl/N-ethyl adjacent to an activating group) is 2. The van der Waals surface area contributed by atoms with Gasteiger partial charge in [0.2, 0.25) is 5.91 Å². The summed E-state index contributed by atoms with van der Waals surface area (Å²) >= 11 is 4.92. The molecule has 17 heavy (non-hydrogen) atoms. The fourth-order valence-corrected chi connectivity index (χ4v) is 1.64. The quantitative estimate of drug-likeness (QED) is 0.748. The van der Waals surface area contributed by atoms with Gasteiger partial charge in [0, 0.05) is 19.2 Å². The van der Waals surface area contributed by atoms with Gasteiger partial charge in [-0.2, -0.15) is 0 Å². The van der Waals surface area contributed by atoms with Crippen molar-refractivity contribution in [3.8, 4) is 0 Å². The first-order chi connectivity index (χ1) is 8.02. The standard InChI is InChI=1S/C12H17N3OS/c1-14-11(16)8-15(2)7-9-4-3-5-10(6-9)12(13)17/h3-6H,7-8H2,1-2H3,(H2,13,17)(H,14,16). The van der Waals surface area contributed by atoms with Crippen molar-refractivity contribution in [2.24, 2.45) is 5.73 Å². The van der Waals surface area contributed by atoms with E-state index < -0.39 is 0 Å². The van der Waals surface area contributed by atoms with Crippen LogP contribution in [0.3, 0.4) is 0 Å². The van der Waals surface area contributed by atoms with Crippen molar-refractivity contribution in [3.63, 3.8) is 0 Å². The normalized spacial score (nSPS) is 10.3. The first-order valence-electron chi connectivity index (χ1n) is 5.31. The minimum absolute atomic E-state index is 0.00185. The lowest BCUT2D eigenvalue weighted by Crippen LogP contribution is -2.32. The fourth-order valence-electron chi connectivity index (χ4n) is 1.51. The van der Waals surface area contributed by atoms with Gasteiger partial charge in [-0.15, -0.1) is 0 Å². The van der Waals surface area contributed by atoms with Crippen LogP contribution in [-0.2, 0) is 11.3 Å². The Bertz CT molecular complexity index is 420. The maximum absolute atomic E-state index is 11.2. The maximum Gasteiger partial charge on any atom is 0.233 e. The van der Waals surface area contributed by atoms with Gasteiger partial charge < -0.3 is 11.1 Å². The van der Waals surface area contributed by atoms with Gasteiger partial charge in [-0.05, 0) is 18.7 Å². The smallest absolute Gasteiger partial charge is 0.233 e. The van der Waals surface area contributed by atoms with Gasteiger partial charge in [0.05, 0.1) is 6.54 Å². The Morgan fingerprint density at radius 2 is 2.24 bits per heavy atom. The predicted molar refractivity (Wildman–Crippen MR) is 72.7 cm³/mol. The van der Waals surface area contributed by atoms with E-state index in [1.54, 1.807) is 7.05 Å². The number of nitrogens with zero attached hydrogens (tertiary/aromatic N) is 1. The lowest BCUT2D eigenvalue weighted by molar-refractivity contribution is -0.121. The molecule has 0 unspecified atom stereocenters. The summed E-state index contributed by atoms with van der Waals surface area (Å²) in [6, 6.07) is 7.73. The molecular formula is C12H17N3OS. The van der Waals surface area contributed by atoms with Crippen molar-refractivity contribution in [2.75, 3.05) is 20.6 Å². The summed E-state index contributed by atoms with van der Waals surface area (Å²) in [5, 5.41) is 2.59. The molecule has 1 rings (SSSR count). The zero-order valence-electron chi connectivity index (χ0n) is 10.1. The maximum atomic E-state index is 11.2. The lowest BCUT2D eigenvalue weighted by atomic mass is 10.1. The Morgan fingerprint density at radius 3 is 2.82 bits per heavy atom. The SMILES string of the molecule is CNC(=O)CN(C)Cc1cccc(C(N)=S)c1. The molecule has 0 fully saturated rings. The van der Waals surface area contributed by atoms with Gasteiger partial charge in [0.15, 0.2) is 0 Å². The van der Waals surface area contributed by atoms with Crippen molar-refractivity contribution >= 4 is 23.1 Å². The molecule has 0 bridgehead atoms. The first kappa shape index (κ1) is 13.6. The second kappa shape index (κ2) is 6.32. The molecule has 0 aliphatic heterocycles. The lowest BCUT2D eigenvalue weighted by Gasteiger charge is -2.15. The number of rotatable bonds is 5. The number of nitrogens with two attached hydrogens (primary N) is 1. The highest BCUT2D eigenvalue weighted by atomic mass is 32.1. The third-order valence-corrected chi connectivity index (χ3v) is 2.59. The molecule has 0 saturated carbocycles. The van der Waals surface area contributed by atoms with E-state index in [2.05, 4.69) is 5.32 Å². The summed E-state index contributed by atoms with van der Waals surface area (Å²) in [5.41, 5.74) is 7.51. The number of hydrogen-bond acceptors (Lipinski definition) is 3. The number of hydrogen-bond donors (Lipinski definition) is 2. The number of carbonyl (C=O) groups excluding carboxylic acids is 1. The molecule has 1 amide bonds. The summed E-state index contributed by atoms with van der Waals surface area (Å²) in [6.07, 6.45) is 0. The Hall–Kier alpha value is -1.46. The molecule has 0 aliphatic carbocycles. The van der Waals surface area contributed by atoms with E-state index in [-0.39, 0.29) is 5.91 Å². The van der Waals surface area contributed by atoms with Crippen LogP contribution >= 0.6 is 12.2 Å². The molecular weight excluding hydrogens is 234 g/mol. The molecule has 0 atom stereocenters. The van der Waals surface area contributed by atoms with Crippen LogP contribution in [0.25, 0.3) is 0 Å². The number of carbonyl (C=O) groups is 1. The Kier molecular flexibility index (Phi) is 5.06. The molecule has 1 aromatic rings. The van der Waals surface area contributed by atoms with Crippen molar-refractivity contribution in [1.29, 1.82) is 0 Å². The summed E-state index contributed by atoms with van der Waals surface area (Å²) in [7, 11) is 3.52. The number of nitrogens with one attached hydrogen (secondary N) is 1. The number of amides is 1. The molecule has 0 saturated heterocycles. The molecule has 0 spiro atoms. The third-order valence-electron chi connectivity index (χ3n) is 2.36. The molecule has 0 heterocycles. The Balaban J connectivity index is 2.65. The van der Waals surface area contributed by atoms with Crippen LogP contribution < -0.4 is 11.1 Å². The number of thiocarbonyl (C=S) groups is 1. The minimum atomic E-state index is -0.00185. The van der Waals surface area contributed by atoms with Crippen LogP contribution in [0.5, 0.6) is 0 Å². The summed E-state index contributed by atoms with van der Waals surface area (Å²) in [6.45, 7) is 1.05. The molecule has 1 aromatic carbocycles. The second-order valence-electron chi connectivity index (χ2n) is 3.91.